The molecule has 3 heterocycles. The minimum Gasteiger partial charge on any atom is -0.335 e. The first-order chi connectivity index (χ1) is 11.7. The number of piperidine rings is 1. The number of likely N-dealkylation sites (tertiary alicyclic amines) is 1. The van der Waals surface area contributed by atoms with Crippen molar-refractivity contribution >= 4 is 5.91 Å². The molecule has 1 saturated carbocycles. The highest BCUT2D eigenvalue weighted by atomic mass is 16.2. The molecule has 1 saturated heterocycles. The number of imidazole rings is 1. The zero-order valence-corrected chi connectivity index (χ0v) is 14.1. The number of carbonyl (C=O) groups is 1. The molecule has 0 spiro atoms. The first-order valence-electron chi connectivity index (χ1n) is 8.97. The lowest BCUT2D eigenvalue weighted by atomic mass is 9.74. The number of aromatic nitrogens is 3. The summed E-state index contributed by atoms with van der Waals surface area (Å²) in [5.74, 6) is 2.41. The molecule has 0 radical (unpaired) electrons. The number of hydrogen-bond acceptors (Lipinski definition) is 3. The molecule has 0 bridgehead atoms. The lowest BCUT2D eigenvalue weighted by molar-refractivity contribution is 0.0321. The van der Waals surface area contributed by atoms with Gasteiger partial charge < -0.3 is 4.90 Å². The van der Waals surface area contributed by atoms with E-state index in [1.165, 1.54) is 19.3 Å². The topological polar surface area (TPSA) is 51.0 Å². The van der Waals surface area contributed by atoms with Crippen molar-refractivity contribution in [2.24, 2.45) is 11.8 Å². The van der Waals surface area contributed by atoms with Gasteiger partial charge in [-0.25, -0.2) is 9.97 Å². The first-order valence-corrected chi connectivity index (χ1v) is 8.97. The Morgan fingerprint density at radius 1 is 1.25 bits per heavy atom. The van der Waals surface area contributed by atoms with E-state index < -0.39 is 0 Å². The SMILES string of the molecule is C[C@@H]1CC[C@H]2[C@H](CCCN2C(=O)c2ccc(-n3ccnc3)nc2)C1. The van der Waals surface area contributed by atoms with E-state index in [0.29, 0.717) is 17.5 Å². The Bertz CT molecular complexity index is 695. The molecule has 1 aliphatic carbocycles. The van der Waals surface area contributed by atoms with Crippen molar-refractivity contribution in [3.63, 3.8) is 0 Å². The first kappa shape index (κ1) is 15.4. The summed E-state index contributed by atoms with van der Waals surface area (Å²) >= 11 is 0. The van der Waals surface area contributed by atoms with Crippen molar-refractivity contribution in [3.8, 4) is 5.82 Å². The van der Waals surface area contributed by atoms with Crippen LogP contribution in [0.5, 0.6) is 0 Å². The van der Waals surface area contributed by atoms with E-state index >= 15 is 0 Å². The summed E-state index contributed by atoms with van der Waals surface area (Å²) in [5, 5.41) is 0. The molecule has 0 N–H and O–H groups in total. The molecule has 5 heteroatoms. The van der Waals surface area contributed by atoms with Crippen LogP contribution in [0.3, 0.4) is 0 Å². The standard InChI is InChI=1S/C19H24N4O/c1-14-4-6-17-15(11-14)3-2-9-23(17)19(24)16-5-7-18(21-12-16)22-10-8-20-13-22/h5,7-8,10,12-15,17H,2-4,6,9,11H2,1H3/t14-,15-,17+/m1/s1. The van der Waals surface area contributed by atoms with Gasteiger partial charge in [-0.05, 0) is 56.1 Å². The van der Waals surface area contributed by atoms with Gasteiger partial charge in [-0.1, -0.05) is 6.92 Å². The zero-order chi connectivity index (χ0) is 16.5. The average Bonchev–Trinajstić information content (AvgIpc) is 3.15. The Morgan fingerprint density at radius 2 is 2.17 bits per heavy atom. The number of rotatable bonds is 2. The van der Waals surface area contributed by atoms with Gasteiger partial charge in [-0.2, -0.15) is 0 Å². The van der Waals surface area contributed by atoms with Gasteiger partial charge in [0.05, 0.1) is 5.56 Å². The minimum absolute atomic E-state index is 0.143. The second-order valence-electron chi connectivity index (χ2n) is 7.26. The quantitative estimate of drug-likeness (QED) is 0.851. The normalized spacial score (nSPS) is 26.9. The number of pyridine rings is 1. The predicted molar refractivity (Wildman–Crippen MR) is 91.9 cm³/mol. The molecule has 126 valence electrons. The summed E-state index contributed by atoms with van der Waals surface area (Å²) in [6, 6.07) is 4.20. The maximum absolute atomic E-state index is 13.0. The number of nitrogens with zero attached hydrogens (tertiary/aromatic N) is 4. The third-order valence-electron chi connectivity index (χ3n) is 5.60. The molecule has 5 nitrogen and oxygen atoms in total. The van der Waals surface area contributed by atoms with E-state index in [-0.39, 0.29) is 5.91 Å². The summed E-state index contributed by atoms with van der Waals surface area (Å²) in [7, 11) is 0. The van der Waals surface area contributed by atoms with Crippen LogP contribution in [0.1, 0.15) is 49.4 Å². The van der Waals surface area contributed by atoms with E-state index in [4.69, 9.17) is 0 Å². The summed E-state index contributed by atoms with van der Waals surface area (Å²) in [6.07, 6.45) is 13.0. The Kier molecular flexibility index (Phi) is 4.08. The molecule has 3 atom stereocenters. The molecule has 0 unspecified atom stereocenters. The average molecular weight is 324 g/mol. The van der Waals surface area contributed by atoms with Crippen molar-refractivity contribution in [1.29, 1.82) is 0 Å². The largest absolute Gasteiger partial charge is 0.335 e. The maximum Gasteiger partial charge on any atom is 0.255 e. The highest BCUT2D eigenvalue weighted by Crippen LogP contribution is 2.38. The van der Waals surface area contributed by atoms with Gasteiger partial charge in [0, 0.05) is 31.2 Å². The summed E-state index contributed by atoms with van der Waals surface area (Å²) < 4.78 is 1.84. The van der Waals surface area contributed by atoms with Gasteiger partial charge >= 0.3 is 0 Å². The van der Waals surface area contributed by atoms with Gasteiger partial charge in [-0.3, -0.25) is 9.36 Å². The van der Waals surface area contributed by atoms with Crippen LogP contribution in [0.15, 0.2) is 37.1 Å². The second kappa shape index (κ2) is 6.38. The number of fused-ring (bicyclic) bond motifs is 1. The molecular formula is C19H24N4O. The van der Waals surface area contributed by atoms with Crippen LogP contribution in [0.25, 0.3) is 5.82 Å². The Hall–Kier alpha value is -2.17. The molecule has 0 aromatic carbocycles. The number of carbonyl (C=O) groups excluding carboxylic acids is 1. The van der Waals surface area contributed by atoms with Crippen LogP contribution in [-0.4, -0.2) is 37.9 Å². The van der Waals surface area contributed by atoms with Crippen molar-refractivity contribution in [1.82, 2.24) is 19.4 Å². The van der Waals surface area contributed by atoms with E-state index in [9.17, 15) is 4.79 Å². The molecule has 1 aliphatic heterocycles. The Morgan fingerprint density at radius 3 is 2.92 bits per heavy atom. The van der Waals surface area contributed by atoms with Gasteiger partial charge in [0.15, 0.2) is 0 Å². The van der Waals surface area contributed by atoms with Crippen LogP contribution >= 0.6 is 0 Å². The van der Waals surface area contributed by atoms with Crippen LogP contribution in [0.4, 0.5) is 0 Å². The number of hydrogen-bond donors (Lipinski definition) is 0. The van der Waals surface area contributed by atoms with Gasteiger partial charge in [0.25, 0.3) is 5.91 Å². The smallest absolute Gasteiger partial charge is 0.255 e. The van der Waals surface area contributed by atoms with Crippen molar-refractivity contribution in [3.05, 3.63) is 42.6 Å². The van der Waals surface area contributed by atoms with Crippen molar-refractivity contribution in [2.75, 3.05) is 6.54 Å². The van der Waals surface area contributed by atoms with Crippen LogP contribution in [0.2, 0.25) is 0 Å². The van der Waals surface area contributed by atoms with Crippen LogP contribution < -0.4 is 0 Å². The second-order valence-corrected chi connectivity index (χ2v) is 7.26. The van der Waals surface area contributed by atoms with Crippen LogP contribution in [0, 0.1) is 11.8 Å². The molecule has 2 fully saturated rings. The Labute approximate surface area is 142 Å². The lowest BCUT2D eigenvalue weighted by Gasteiger charge is -2.45. The van der Waals surface area contributed by atoms with Gasteiger partial charge in [0.1, 0.15) is 12.1 Å². The van der Waals surface area contributed by atoms with Gasteiger partial charge in [0.2, 0.25) is 0 Å². The molecule has 1 amide bonds. The van der Waals surface area contributed by atoms with E-state index in [1.54, 1.807) is 18.7 Å². The summed E-state index contributed by atoms with van der Waals surface area (Å²) in [6.45, 7) is 3.23. The molecular weight excluding hydrogens is 300 g/mol. The molecule has 24 heavy (non-hydrogen) atoms. The molecule has 2 aromatic heterocycles. The highest BCUT2D eigenvalue weighted by Gasteiger charge is 2.37. The fourth-order valence-electron chi connectivity index (χ4n) is 4.37. The fraction of sp³-hybridized carbons (Fsp3) is 0.526. The van der Waals surface area contributed by atoms with E-state index in [2.05, 4.69) is 21.8 Å². The molecule has 2 aromatic rings. The predicted octanol–water partition coefficient (Wildman–Crippen LogP) is 3.31. The maximum atomic E-state index is 13.0. The third kappa shape index (κ3) is 2.83. The Balaban J connectivity index is 1.52. The molecule has 2 aliphatic rings. The summed E-state index contributed by atoms with van der Waals surface area (Å²) in [5.41, 5.74) is 0.693. The fourth-order valence-corrected chi connectivity index (χ4v) is 4.37. The van der Waals surface area contributed by atoms with Crippen LogP contribution in [-0.2, 0) is 0 Å². The van der Waals surface area contributed by atoms with E-state index in [1.807, 2.05) is 22.9 Å². The third-order valence-corrected chi connectivity index (χ3v) is 5.60. The lowest BCUT2D eigenvalue weighted by Crippen LogP contribution is -2.50. The van der Waals surface area contributed by atoms with Crippen molar-refractivity contribution < 1.29 is 4.79 Å². The highest BCUT2D eigenvalue weighted by molar-refractivity contribution is 5.94. The van der Waals surface area contributed by atoms with E-state index in [0.717, 1.165) is 31.1 Å². The number of amides is 1. The molecule has 4 rings (SSSR count). The van der Waals surface area contributed by atoms with Crippen molar-refractivity contribution in [2.45, 2.75) is 45.1 Å². The monoisotopic (exact) mass is 324 g/mol. The van der Waals surface area contributed by atoms with Gasteiger partial charge in [-0.15, -0.1) is 0 Å². The zero-order valence-electron chi connectivity index (χ0n) is 14.1. The summed E-state index contributed by atoms with van der Waals surface area (Å²) in [4.78, 5) is 23.6. The minimum atomic E-state index is 0.143.